The van der Waals surface area contributed by atoms with Crippen LogP contribution in [0.2, 0.25) is 0 Å². The lowest BCUT2D eigenvalue weighted by molar-refractivity contribution is 0.515. The minimum Gasteiger partial charge on any atom is -0.164 e. The molecule has 0 saturated heterocycles. The van der Waals surface area contributed by atoms with Crippen molar-refractivity contribution in [2.24, 2.45) is 0 Å². The molecule has 0 radical (unpaired) electrons. The van der Waals surface area contributed by atoms with Crippen LogP contribution in [0.1, 0.15) is 31.7 Å². The summed E-state index contributed by atoms with van der Waals surface area (Å²) < 4.78 is 0. The van der Waals surface area contributed by atoms with E-state index in [4.69, 9.17) is 0 Å². The maximum atomic E-state index is 4.37. The highest BCUT2D eigenvalue weighted by atomic mass is 15.6. The number of allylic oxidation sites excluding steroid dienone is 1. The third kappa shape index (κ3) is 2.64. The number of aryl methyl sites for hydroxylation is 1. The van der Waals surface area contributed by atoms with Gasteiger partial charge in [-0.15, -0.1) is 16.8 Å². The van der Waals surface area contributed by atoms with Crippen molar-refractivity contribution in [3.63, 3.8) is 0 Å². The van der Waals surface area contributed by atoms with E-state index in [0.29, 0.717) is 11.7 Å². The Morgan fingerprint density at radius 2 is 2.28 bits per heavy atom. The lowest BCUT2D eigenvalue weighted by Crippen LogP contribution is -2.01. The van der Waals surface area contributed by atoms with Crippen molar-refractivity contribution in [2.45, 2.75) is 32.7 Å². The summed E-state index contributed by atoms with van der Waals surface area (Å²) in [6, 6.07) is 8.21. The number of aromatic nitrogens is 4. The van der Waals surface area contributed by atoms with Gasteiger partial charge in [0.2, 0.25) is 5.82 Å². The van der Waals surface area contributed by atoms with E-state index in [1.807, 2.05) is 18.2 Å². The molecule has 4 heteroatoms. The van der Waals surface area contributed by atoms with E-state index >= 15 is 0 Å². The van der Waals surface area contributed by atoms with E-state index in [1.54, 1.807) is 4.80 Å². The number of rotatable bonds is 5. The molecule has 2 aromatic rings. The Balaban J connectivity index is 2.29. The predicted octanol–water partition coefficient (Wildman–Crippen LogP) is 3.04. The molecule has 1 aromatic heterocycles. The summed E-state index contributed by atoms with van der Waals surface area (Å²) in [6.07, 6.45) is 2.93. The largest absolute Gasteiger partial charge is 0.204 e. The van der Waals surface area contributed by atoms with Crippen molar-refractivity contribution >= 4 is 0 Å². The first-order valence-corrected chi connectivity index (χ1v) is 6.25. The van der Waals surface area contributed by atoms with Crippen LogP contribution in [0.25, 0.3) is 11.4 Å². The highest BCUT2D eigenvalue weighted by Gasteiger charge is 2.08. The monoisotopic (exact) mass is 242 g/mol. The average molecular weight is 242 g/mol. The van der Waals surface area contributed by atoms with Crippen molar-refractivity contribution in [1.29, 1.82) is 0 Å². The zero-order valence-corrected chi connectivity index (χ0v) is 10.9. The summed E-state index contributed by atoms with van der Waals surface area (Å²) in [4.78, 5) is 1.64. The van der Waals surface area contributed by atoms with E-state index in [9.17, 15) is 0 Å². The molecule has 4 nitrogen and oxygen atoms in total. The summed E-state index contributed by atoms with van der Waals surface area (Å²) in [5.74, 6) is 1.01. The smallest absolute Gasteiger partial charge is 0.164 e. The Hall–Kier alpha value is -1.97. The van der Waals surface area contributed by atoms with Crippen LogP contribution in [-0.4, -0.2) is 20.2 Å². The number of hydrogen-bond donors (Lipinski definition) is 0. The fourth-order valence-electron chi connectivity index (χ4n) is 1.75. The van der Waals surface area contributed by atoms with Crippen LogP contribution in [0.5, 0.6) is 0 Å². The Morgan fingerprint density at radius 1 is 1.44 bits per heavy atom. The summed E-state index contributed by atoms with van der Waals surface area (Å²) >= 11 is 0. The molecule has 1 aromatic carbocycles. The molecular weight excluding hydrogens is 224 g/mol. The SMILES string of the molecule is C=CC(C)c1cccc(-c2nnn(CCC)n2)c1. The van der Waals surface area contributed by atoms with Crippen molar-refractivity contribution in [3.8, 4) is 11.4 Å². The molecule has 0 amide bonds. The van der Waals surface area contributed by atoms with Gasteiger partial charge in [0.1, 0.15) is 0 Å². The van der Waals surface area contributed by atoms with Gasteiger partial charge in [0.25, 0.3) is 0 Å². The molecule has 2 rings (SSSR count). The van der Waals surface area contributed by atoms with Crippen LogP contribution in [0, 0.1) is 0 Å². The molecule has 0 saturated carbocycles. The molecule has 1 heterocycles. The van der Waals surface area contributed by atoms with Crippen LogP contribution in [-0.2, 0) is 6.54 Å². The summed E-state index contributed by atoms with van der Waals surface area (Å²) in [5, 5.41) is 12.5. The van der Waals surface area contributed by atoms with E-state index in [-0.39, 0.29) is 0 Å². The molecule has 18 heavy (non-hydrogen) atoms. The topological polar surface area (TPSA) is 43.6 Å². The molecular formula is C14H18N4. The van der Waals surface area contributed by atoms with Gasteiger partial charge < -0.3 is 0 Å². The second kappa shape index (κ2) is 5.58. The van der Waals surface area contributed by atoms with E-state index in [0.717, 1.165) is 18.5 Å². The Kier molecular flexibility index (Phi) is 3.87. The first-order chi connectivity index (χ1) is 8.74. The summed E-state index contributed by atoms with van der Waals surface area (Å²) in [6.45, 7) is 8.83. The number of nitrogens with zero attached hydrogens (tertiary/aromatic N) is 4. The molecule has 0 aliphatic rings. The molecule has 0 aliphatic heterocycles. The van der Waals surface area contributed by atoms with Crippen molar-refractivity contribution < 1.29 is 0 Å². The standard InChI is InChI=1S/C14H18N4/c1-4-9-18-16-14(15-17-18)13-8-6-7-12(10-13)11(3)5-2/h5-8,10-11H,2,4,9H2,1,3H3. The van der Waals surface area contributed by atoms with Gasteiger partial charge in [-0.3, -0.25) is 0 Å². The maximum Gasteiger partial charge on any atom is 0.204 e. The van der Waals surface area contributed by atoms with Crippen molar-refractivity contribution in [2.75, 3.05) is 0 Å². The first kappa shape index (κ1) is 12.5. The van der Waals surface area contributed by atoms with Crippen LogP contribution in [0.3, 0.4) is 0 Å². The minimum absolute atomic E-state index is 0.329. The molecule has 1 atom stereocenters. The fraction of sp³-hybridized carbons (Fsp3) is 0.357. The first-order valence-electron chi connectivity index (χ1n) is 6.25. The van der Waals surface area contributed by atoms with Crippen LogP contribution in [0.4, 0.5) is 0 Å². The maximum absolute atomic E-state index is 4.37. The number of hydrogen-bond acceptors (Lipinski definition) is 3. The van der Waals surface area contributed by atoms with Gasteiger partial charge in [-0.1, -0.05) is 38.1 Å². The van der Waals surface area contributed by atoms with Gasteiger partial charge >= 0.3 is 0 Å². The summed E-state index contributed by atoms with van der Waals surface area (Å²) in [7, 11) is 0. The minimum atomic E-state index is 0.329. The van der Waals surface area contributed by atoms with Gasteiger partial charge in [-0.05, 0) is 29.2 Å². The predicted molar refractivity (Wildman–Crippen MR) is 72.2 cm³/mol. The summed E-state index contributed by atoms with van der Waals surface area (Å²) in [5.41, 5.74) is 2.22. The quantitative estimate of drug-likeness (QED) is 0.757. The van der Waals surface area contributed by atoms with Crippen LogP contribution >= 0.6 is 0 Å². The molecule has 0 N–H and O–H groups in total. The second-order valence-electron chi connectivity index (χ2n) is 4.36. The second-order valence-corrected chi connectivity index (χ2v) is 4.36. The van der Waals surface area contributed by atoms with E-state index in [1.165, 1.54) is 5.56 Å². The molecule has 94 valence electrons. The number of tetrazole rings is 1. The number of benzene rings is 1. The van der Waals surface area contributed by atoms with Crippen molar-refractivity contribution in [1.82, 2.24) is 20.2 Å². The highest BCUT2D eigenvalue weighted by molar-refractivity contribution is 5.55. The van der Waals surface area contributed by atoms with Gasteiger partial charge in [0.15, 0.2) is 0 Å². The molecule has 1 unspecified atom stereocenters. The molecule has 0 spiro atoms. The van der Waals surface area contributed by atoms with E-state index < -0.39 is 0 Å². The van der Waals surface area contributed by atoms with Crippen molar-refractivity contribution in [3.05, 3.63) is 42.5 Å². The normalized spacial score (nSPS) is 12.3. The average Bonchev–Trinajstić information content (AvgIpc) is 2.87. The van der Waals surface area contributed by atoms with Gasteiger partial charge in [-0.25, -0.2) is 0 Å². The third-order valence-electron chi connectivity index (χ3n) is 2.90. The molecule has 0 fully saturated rings. The third-order valence-corrected chi connectivity index (χ3v) is 2.90. The highest BCUT2D eigenvalue weighted by Crippen LogP contribution is 2.21. The van der Waals surface area contributed by atoms with Gasteiger partial charge in [-0.2, -0.15) is 4.80 Å². The molecule has 0 aliphatic carbocycles. The Morgan fingerprint density at radius 3 is 3.00 bits per heavy atom. The Bertz CT molecular complexity index is 530. The molecule has 0 bridgehead atoms. The zero-order valence-electron chi connectivity index (χ0n) is 10.9. The zero-order chi connectivity index (χ0) is 13.0. The van der Waals surface area contributed by atoms with Gasteiger partial charge in [0.05, 0.1) is 6.54 Å². The fourth-order valence-corrected chi connectivity index (χ4v) is 1.75. The van der Waals surface area contributed by atoms with Crippen LogP contribution in [0.15, 0.2) is 36.9 Å². The van der Waals surface area contributed by atoms with Gasteiger partial charge in [0, 0.05) is 5.56 Å². The Labute approximate surface area is 107 Å². The lowest BCUT2D eigenvalue weighted by atomic mass is 9.99. The van der Waals surface area contributed by atoms with Crippen LogP contribution < -0.4 is 0 Å². The lowest BCUT2D eigenvalue weighted by Gasteiger charge is -2.06. The van der Waals surface area contributed by atoms with E-state index in [2.05, 4.69) is 48.0 Å².